The van der Waals surface area contributed by atoms with Crippen LogP contribution in [0.1, 0.15) is 66.4 Å². The smallest absolute Gasteiger partial charge is 0.227 e. The highest BCUT2D eigenvalue weighted by Gasteiger charge is 2.30. The number of amides is 2. The van der Waals surface area contributed by atoms with E-state index in [-0.39, 0.29) is 29.2 Å². The van der Waals surface area contributed by atoms with Gasteiger partial charge < -0.3 is 15.1 Å². The Morgan fingerprint density at radius 1 is 1.14 bits per heavy atom. The normalized spacial score (nSPS) is 15.2. The molecule has 0 heterocycles. The predicted molar refractivity (Wildman–Crippen MR) is 121 cm³/mol. The zero-order chi connectivity index (χ0) is 21.9. The van der Waals surface area contributed by atoms with Gasteiger partial charge in [-0.3, -0.25) is 9.59 Å². The Morgan fingerprint density at radius 2 is 1.76 bits per heavy atom. The SMILES string of the molecule is CC(C)C(C)N(Cc1cc(NC(=O)C2CC2)ccc1N(C)C)C(=O)CC(C)(C)C. The molecule has 0 aliphatic heterocycles. The highest BCUT2D eigenvalue weighted by Crippen LogP contribution is 2.32. The fourth-order valence-electron chi connectivity index (χ4n) is 3.37. The quantitative estimate of drug-likeness (QED) is 0.673. The molecule has 0 radical (unpaired) electrons. The second kappa shape index (κ2) is 9.19. The number of rotatable bonds is 8. The average Bonchev–Trinajstić information content (AvgIpc) is 3.42. The molecule has 1 fully saturated rings. The molecule has 1 N–H and O–H groups in total. The number of hydrogen-bond donors (Lipinski definition) is 1. The summed E-state index contributed by atoms with van der Waals surface area (Å²) in [7, 11) is 4.02. The molecular weight excluding hydrogens is 362 g/mol. The second-order valence-corrected chi connectivity index (χ2v) is 10.2. The van der Waals surface area contributed by atoms with Gasteiger partial charge in [0.1, 0.15) is 0 Å². The van der Waals surface area contributed by atoms with E-state index >= 15 is 0 Å². The fourth-order valence-corrected chi connectivity index (χ4v) is 3.37. The molecule has 162 valence electrons. The minimum Gasteiger partial charge on any atom is -0.377 e. The zero-order valence-electron chi connectivity index (χ0n) is 19.5. The van der Waals surface area contributed by atoms with Crippen LogP contribution in [0.5, 0.6) is 0 Å². The maximum Gasteiger partial charge on any atom is 0.227 e. The predicted octanol–water partition coefficient (Wildman–Crippen LogP) is 4.91. The minimum atomic E-state index is -0.0590. The van der Waals surface area contributed by atoms with E-state index in [1.165, 1.54) is 0 Å². The van der Waals surface area contributed by atoms with E-state index in [1.807, 2.05) is 37.2 Å². The molecule has 1 aliphatic rings. The van der Waals surface area contributed by atoms with Crippen LogP contribution in [0.3, 0.4) is 0 Å². The lowest BCUT2D eigenvalue weighted by molar-refractivity contribution is -0.136. The van der Waals surface area contributed by atoms with Crippen molar-refractivity contribution in [3.63, 3.8) is 0 Å². The first-order valence-corrected chi connectivity index (χ1v) is 10.8. The third-order valence-corrected chi connectivity index (χ3v) is 5.58. The van der Waals surface area contributed by atoms with Gasteiger partial charge in [-0.2, -0.15) is 0 Å². The number of nitrogens with one attached hydrogen (secondary N) is 1. The molecule has 0 bridgehead atoms. The molecule has 0 aromatic heterocycles. The maximum absolute atomic E-state index is 13.2. The molecule has 1 aromatic carbocycles. The summed E-state index contributed by atoms with van der Waals surface area (Å²) in [6.07, 6.45) is 2.48. The van der Waals surface area contributed by atoms with Gasteiger partial charge in [0.15, 0.2) is 0 Å². The lowest BCUT2D eigenvalue weighted by Gasteiger charge is -2.35. The van der Waals surface area contributed by atoms with Crippen molar-refractivity contribution in [1.82, 2.24) is 4.90 Å². The van der Waals surface area contributed by atoms with E-state index < -0.39 is 0 Å². The summed E-state index contributed by atoms with van der Waals surface area (Å²) in [5.41, 5.74) is 2.87. The van der Waals surface area contributed by atoms with Crippen LogP contribution < -0.4 is 10.2 Å². The zero-order valence-corrected chi connectivity index (χ0v) is 19.5. The van der Waals surface area contributed by atoms with E-state index in [2.05, 4.69) is 51.8 Å². The van der Waals surface area contributed by atoms with E-state index in [9.17, 15) is 9.59 Å². The Hall–Kier alpha value is -2.04. The summed E-state index contributed by atoms with van der Waals surface area (Å²) in [5.74, 6) is 0.804. The summed E-state index contributed by atoms with van der Waals surface area (Å²) in [6.45, 7) is 13.3. The van der Waals surface area contributed by atoms with Crippen molar-refractivity contribution in [3.8, 4) is 0 Å². The number of benzene rings is 1. The molecule has 0 spiro atoms. The van der Waals surface area contributed by atoms with Gasteiger partial charge in [-0.25, -0.2) is 0 Å². The molecule has 1 saturated carbocycles. The standard InChI is InChI=1S/C24H39N3O2/c1-16(2)17(3)27(22(28)14-24(4,5)6)15-19-13-20(11-12-21(19)26(7)8)25-23(29)18-9-10-18/h11-13,16-18H,9-10,14-15H2,1-8H3,(H,25,29). The van der Waals surface area contributed by atoms with Crippen molar-refractivity contribution in [2.24, 2.45) is 17.3 Å². The maximum atomic E-state index is 13.2. The third kappa shape index (κ3) is 6.76. The van der Waals surface area contributed by atoms with Crippen LogP contribution in [0.15, 0.2) is 18.2 Å². The molecule has 5 nitrogen and oxygen atoms in total. The molecule has 1 aliphatic carbocycles. The highest BCUT2D eigenvalue weighted by atomic mass is 16.2. The first-order chi connectivity index (χ1) is 13.4. The largest absolute Gasteiger partial charge is 0.377 e. The summed E-state index contributed by atoms with van der Waals surface area (Å²) in [5, 5.41) is 3.04. The molecule has 29 heavy (non-hydrogen) atoms. The first kappa shape index (κ1) is 23.2. The monoisotopic (exact) mass is 401 g/mol. The van der Waals surface area contributed by atoms with Crippen LogP contribution in [-0.4, -0.2) is 36.9 Å². The van der Waals surface area contributed by atoms with E-state index in [0.29, 0.717) is 18.9 Å². The number of carbonyl (C=O) groups excluding carboxylic acids is 2. The Balaban J connectivity index is 2.33. The van der Waals surface area contributed by atoms with Gasteiger partial charge in [-0.05, 0) is 54.9 Å². The number of anilines is 2. The Morgan fingerprint density at radius 3 is 2.24 bits per heavy atom. The van der Waals surface area contributed by atoms with Crippen LogP contribution in [0.2, 0.25) is 0 Å². The number of hydrogen-bond acceptors (Lipinski definition) is 3. The van der Waals surface area contributed by atoms with Gasteiger partial charge in [0, 0.05) is 50.4 Å². The van der Waals surface area contributed by atoms with Crippen LogP contribution in [-0.2, 0) is 16.1 Å². The molecule has 2 amide bonds. The number of carbonyl (C=O) groups is 2. The summed E-state index contributed by atoms with van der Waals surface area (Å²) >= 11 is 0. The Kier molecular flexibility index (Phi) is 7.36. The molecule has 5 heteroatoms. The molecular formula is C24H39N3O2. The van der Waals surface area contributed by atoms with Crippen molar-refractivity contribution in [2.45, 2.75) is 73.4 Å². The van der Waals surface area contributed by atoms with Crippen molar-refractivity contribution in [2.75, 3.05) is 24.3 Å². The summed E-state index contributed by atoms with van der Waals surface area (Å²) in [4.78, 5) is 29.5. The molecule has 1 atom stereocenters. The van der Waals surface area contributed by atoms with Crippen molar-refractivity contribution in [1.29, 1.82) is 0 Å². The molecule has 2 rings (SSSR count). The molecule has 0 saturated heterocycles. The topological polar surface area (TPSA) is 52.7 Å². The highest BCUT2D eigenvalue weighted by molar-refractivity contribution is 5.94. The minimum absolute atomic E-state index is 0.0590. The van der Waals surface area contributed by atoms with Gasteiger partial charge in [0.25, 0.3) is 0 Å². The van der Waals surface area contributed by atoms with E-state index in [0.717, 1.165) is 29.8 Å². The number of nitrogens with zero attached hydrogens (tertiary/aromatic N) is 2. The van der Waals surface area contributed by atoms with Crippen molar-refractivity contribution in [3.05, 3.63) is 23.8 Å². The average molecular weight is 402 g/mol. The Bertz CT molecular complexity index is 730. The second-order valence-electron chi connectivity index (χ2n) is 10.2. The lowest BCUT2D eigenvalue weighted by atomic mass is 9.90. The van der Waals surface area contributed by atoms with Crippen LogP contribution in [0, 0.1) is 17.3 Å². The lowest BCUT2D eigenvalue weighted by Crippen LogP contribution is -2.42. The molecule has 1 aromatic rings. The van der Waals surface area contributed by atoms with Crippen LogP contribution in [0.4, 0.5) is 11.4 Å². The van der Waals surface area contributed by atoms with E-state index in [1.54, 1.807) is 0 Å². The summed E-state index contributed by atoms with van der Waals surface area (Å²) < 4.78 is 0. The third-order valence-electron chi connectivity index (χ3n) is 5.58. The van der Waals surface area contributed by atoms with Crippen LogP contribution >= 0.6 is 0 Å². The van der Waals surface area contributed by atoms with Gasteiger partial charge >= 0.3 is 0 Å². The Labute approximate surface area is 176 Å². The van der Waals surface area contributed by atoms with Crippen LogP contribution in [0.25, 0.3) is 0 Å². The van der Waals surface area contributed by atoms with Gasteiger partial charge in [0.05, 0.1) is 0 Å². The van der Waals surface area contributed by atoms with Gasteiger partial charge in [-0.1, -0.05) is 34.6 Å². The van der Waals surface area contributed by atoms with Gasteiger partial charge in [-0.15, -0.1) is 0 Å². The fraction of sp³-hybridized carbons (Fsp3) is 0.667. The van der Waals surface area contributed by atoms with E-state index in [4.69, 9.17) is 0 Å². The summed E-state index contributed by atoms with van der Waals surface area (Å²) in [6, 6.07) is 6.14. The first-order valence-electron chi connectivity index (χ1n) is 10.8. The van der Waals surface area contributed by atoms with Gasteiger partial charge in [0.2, 0.25) is 11.8 Å². The van der Waals surface area contributed by atoms with Crippen molar-refractivity contribution >= 4 is 23.2 Å². The molecule has 1 unspecified atom stereocenters. The van der Waals surface area contributed by atoms with Crippen molar-refractivity contribution < 1.29 is 9.59 Å².